The number of aldehydes is 4. The molecule has 0 saturated heterocycles. The van der Waals surface area contributed by atoms with Crippen molar-refractivity contribution in [1.82, 2.24) is 0 Å². The normalized spacial score (nSPS) is 11.5. The molecule has 0 N–H and O–H groups in total. The van der Waals surface area contributed by atoms with E-state index in [1.54, 1.807) is 24.3 Å². The zero-order valence-electron chi connectivity index (χ0n) is 15.2. The van der Waals surface area contributed by atoms with E-state index >= 15 is 0 Å². The van der Waals surface area contributed by atoms with Gasteiger partial charge in [0.25, 0.3) is 0 Å². The fourth-order valence-corrected chi connectivity index (χ4v) is 5.82. The van der Waals surface area contributed by atoms with Crippen LogP contribution in [0.3, 0.4) is 0 Å². The van der Waals surface area contributed by atoms with Crippen molar-refractivity contribution in [3.05, 3.63) is 67.6 Å². The number of carbonyl (C=O) groups is 4. The summed E-state index contributed by atoms with van der Waals surface area (Å²) in [5.41, 5.74) is 1.67. The Kier molecular flexibility index (Phi) is 4.31. The molecule has 0 unspecified atom stereocenters. The molecule has 5 aromatic rings. The van der Waals surface area contributed by atoms with E-state index in [2.05, 4.69) is 31.9 Å². The standard InChI is InChI=1S/C24H10Br2O4/c25-17-6-14(10-30)20-12(8-28)2-4-16-22-18(26)5-13(9-29)19-11(7-27)1-3-15(23(19)22)21(17)24(16)20/h1-10H. The second-order valence-electron chi connectivity index (χ2n) is 7.02. The average molecular weight is 522 g/mol. The zero-order chi connectivity index (χ0) is 21.2. The lowest BCUT2D eigenvalue weighted by atomic mass is 9.85. The summed E-state index contributed by atoms with van der Waals surface area (Å²) in [5.74, 6) is 0. The van der Waals surface area contributed by atoms with Crippen molar-refractivity contribution in [2.75, 3.05) is 0 Å². The van der Waals surface area contributed by atoms with E-state index < -0.39 is 0 Å². The molecule has 0 saturated carbocycles. The minimum absolute atomic E-state index is 0.411. The van der Waals surface area contributed by atoms with Gasteiger partial charge in [0.15, 0.2) is 25.1 Å². The second-order valence-corrected chi connectivity index (χ2v) is 8.73. The molecular weight excluding hydrogens is 512 g/mol. The monoisotopic (exact) mass is 520 g/mol. The van der Waals surface area contributed by atoms with Crippen molar-refractivity contribution in [3.63, 3.8) is 0 Å². The van der Waals surface area contributed by atoms with Gasteiger partial charge in [-0.1, -0.05) is 56.1 Å². The minimum atomic E-state index is 0.411. The first-order valence-corrected chi connectivity index (χ1v) is 10.5. The molecule has 30 heavy (non-hydrogen) atoms. The van der Waals surface area contributed by atoms with Crippen molar-refractivity contribution in [2.24, 2.45) is 0 Å². The van der Waals surface area contributed by atoms with E-state index in [-0.39, 0.29) is 0 Å². The highest BCUT2D eigenvalue weighted by atomic mass is 79.9. The van der Waals surface area contributed by atoms with Crippen molar-refractivity contribution in [2.45, 2.75) is 0 Å². The second kappa shape index (κ2) is 6.79. The van der Waals surface area contributed by atoms with Gasteiger partial charge < -0.3 is 0 Å². The van der Waals surface area contributed by atoms with E-state index in [0.29, 0.717) is 42.0 Å². The van der Waals surface area contributed by atoms with Gasteiger partial charge in [0.2, 0.25) is 0 Å². The van der Waals surface area contributed by atoms with Crippen LogP contribution in [0, 0.1) is 0 Å². The van der Waals surface area contributed by atoms with Gasteiger partial charge in [-0.2, -0.15) is 0 Å². The third-order valence-corrected chi connectivity index (χ3v) is 6.89. The number of carbonyl (C=O) groups excluding carboxylic acids is 4. The van der Waals surface area contributed by atoms with E-state index in [1.165, 1.54) is 0 Å². The summed E-state index contributed by atoms with van der Waals surface area (Å²) in [5, 5.41) is 6.00. The molecule has 0 spiro atoms. The molecule has 0 atom stereocenters. The van der Waals surface area contributed by atoms with Gasteiger partial charge in [0.05, 0.1) is 0 Å². The predicted octanol–water partition coefficient (Wildman–Crippen LogP) is 6.51. The maximum atomic E-state index is 11.8. The van der Waals surface area contributed by atoms with Gasteiger partial charge in [0, 0.05) is 52.7 Å². The van der Waals surface area contributed by atoms with Gasteiger partial charge in [-0.15, -0.1) is 0 Å². The molecule has 6 heteroatoms. The molecule has 5 aromatic carbocycles. The molecule has 5 rings (SSSR count). The molecule has 4 nitrogen and oxygen atoms in total. The summed E-state index contributed by atoms with van der Waals surface area (Å²) in [4.78, 5) is 47.1. The number of hydrogen-bond donors (Lipinski definition) is 0. The Hall–Kier alpha value is -2.96. The molecule has 0 bridgehead atoms. The lowest BCUT2D eigenvalue weighted by molar-refractivity contribution is 0.111. The number of rotatable bonds is 4. The number of benzene rings is 5. The fraction of sp³-hybridized carbons (Fsp3) is 0. The Labute approximate surface area is 186 Å². The van der Waals surface area contributed by atoms with Crippen LogP contribution >= 0.6 is 31.9 Å². The average Bonchev–Trinajstić information content (AvgIpc) is 2.77. The summed E-state index contributed by atoms with van der Waals surface area (Å²) in [6.07, 6.45) is 2.97. The lowest BCUT2D eigenvalue weighted by Crippen LogP contribution is -1.98. The highest BCUT2D eigenvalue weighted by molar-refractivity contribution is 9.11. The van der Waals surface area contributed by atoms with Crippen LogP contribution in [0.2, 0.25) is 0 Å². The summed E-state index contributed by atoms with van der Waals surface area (Å²) < 4.78 is 1.39. The van der Waals surface area contributed by atoms with Gasteiger partial charge in [-0.3, -0.25) is 19.2 Å². The number of halogens is 2. The van der Waals surface area contributed by atoms with Crippen LogP contribution in [0.5, 0.6) is 0 Å². The molecule has 0 heterocycles. The predicted molar refractivity (Wildman–Crippen MR) is 125 cm³/mol. The molecule has 0 fully saturated rings. The maximum Gasteiger partial charge on any atom is 0.150 e. The van der Waals surface area contributed by atoms with Crippen molar-refractivity contribution in [1.29, 1.82) is 0 Å². The summed E-state index contributed by atoms with van der Waals surface area (Å²) >= 11 is 7.18. The van der Waals surface area contributed by atoms with Crippen molar-refractivity contribution < 1.29 is 19.2 Å². The van der Waals surface area contributed by atoms with E-state index in [9.17, 15) is 19.2 Å². The largest absolute Gasteiger partial charge is 0.298 e. The van der Waals surface area contributed by atoms with Gasteiger partial charge in [0.1, 0.15) is 0 Å². The highest BCUT2D eigenvalue weighted by Crippen LogP contribution is 2.47. The zero-order valence-corrected chi connectivity index (χ0v) is 18.3. The molecule has 0 aromatic heterocycles. The Balaban J connectivity index is 2.28. The van der Waals surface area contributed by atoms with Crippen LogP contribution in [-0.4, -0.2) is 25.1 Å². The van der Waals surface area contributed by atoms with Gasteiger partial charge in [-0.05, 0) is 33.7 Å². The molecular formula is C24H10Br2O4. The fourth-order valence-electron chi connectivity index (χ4n) is 4.51. The van der Waals surface area contributed by atoms with Crippen LogP contribution in [0.4, 0.5) is 0 Å². The SMILES string of the molecule is O=Cc1ccc2c3c(Br)cc(C=O)c4c(C=O)ccc(c5c(Br)cc(C=O)c1c25)c43. The molecule has 0 aliphatic heterocycles. The van der Waals surface area contributed by atoms with Gasteiger partial charge in [-0.25, -0.2) is 0 Å². The Morgan fingerprint density at radius 1 is 0.467 bits per heavy atom. The van der Waals surface area contributed by atoms with E-state index in [4.69, 9.17) is 0 Å². The minimum Gasteiger partial charge on any atom is -0.298 e. The number of fused-ring (bicyclic) bond motifs is 2. The third kappa shape index (κ3) is 2.32. The molecule has 0 aliphatic carbocycles. The summed E-state index contributed by atoms with van der Waals surface area (Å²) in [7, 11) is 0. The Morgan fingerprint density at radius 2 is 0.833 bits per heavy atom. The molecule has 0 radical (unpaired) electrons. The van der Waals surface area contributed by atoms with Crippen molar-refractivity contribution >= 4 is 100 Å². The molecule has 144 valence electrons. The number of hydrogen-bond acceptors (Lipinski definition) is 4. The first-order valence-electron chi connectivity index (χ1n) is 8.95. The quantitative estimate of drug-likeness (QED) is 0.153. The first kappa shape index (κ1) is 19.0. The summed E-state index contributed by atoms with van der Waals surface area (Å²) in [6.45, 7) is 0. The maximum absolute atomic E-state index is 11.8. The highest BCUT2D eigenvalue weighted by Gasteiger charge is 2.22. The van der Waals surface area contributed by atoms with Crippen LogP contribution in [0.25, 0.3) is 43.1 Å². The van der Waals surface area contributed by atoms with Crippen LogP contribution < -0.4 is 0 Å². The van der Waals surface area contributed by atoms with E-state index in [1.807, 2.05) is 12.1 Å². The third-order valence-electron chi connectivity index (χ3n) is 5.64. The van der Waals surface area contributed by atoms with Gasteiger partial charge >= 0.3 is 0 Å². The van der Waals surface area contributed by atoms with E-state index in [0.717, 1.165) is 57.5 Å². The molecule has 0 aliphatic rings. The lowest BCUT2D eigenvalue weighted by Gasteiger charge is -2.19. The summed E-state index contributed by atoms with van der Waals surface area (Å²) in [6, 6.07) is 10.5. The topological polar surface area (TPSA) is 68.3 Å². The molecule has 0 amide bonds. The van der Waals surface area contributed by atoms with Crippen LogP contribution in [0.1, 0.15) is 41.4 Å². The van der Waals surface area contributed by atoms with Crippen LogP contribution in [-0.2, 0) is 0 Å². The van der Waals surface area contributed by atoms with Crippen molar-refractivity contribution in [3.8, 4) is 0 Å². The first-order chi connectivity index (χ1) is 14.5. The Bertz CT molecular complexity index is 1460. The van der Waals surface area contributed by atoms with Crippen LogP contribution in [0.15, 0.2) is 45.3 Å². The smallest absolute Gasteiger partial charge is 0.150 e. The Morgan fingerprint density at radius 3 is 1.17 bits per heavy atom.